The minimum atomic E-state index is -1.59. The molecule has 11 nitrogen and oxygen atoms in total. The molecule has 0 N–H and O–H groups in total. The van der Waals surface area contributed by atoms with Crippen LogP contribution in [0.15, 0.2) is 30.3 Å². The average Bonchev–Trinajstić information content (AvgIpc) is 2.96. The molecule has 1 aliphatic rings. The van der Waals surface area contributed by atoms with Crippen LogP contribution in [0.2, 0.25) is 0 Å². The first-order chi connectivity index (χ1) is 18.7. The third-order valence-electron chi connectivity index (χ3n) is 4.82. The number of hydrogen-bond donors (Lipinski definition) is 0. The van der Waals surface area contributed by atoms with E-state index in [1.807, 2.05) is 0 Å². The molecule has 1 saturated heterocycles. The highest BCUT2D eigenvalue weighted by Crippen LogP contribution is 2.31. The Hall–Kier alpha value is -3.47. The second kappa shape index (κ2) is 13.4. The summed E-state index contributed by atoms with van der Waals surface area (Å²) >= 11 is 0. The van der Waals surface area contributed by atoms with E-state index < -0.39 is 94.6 Å². The predicted molar refractivity (Wildman–Crippen MR) is 117 cm³/mol. The van der Waals surface area contributed by atoms with Gasteiger partial charge in [0.25, 0.3) is 0 Å². The quantitative estimate of drug-likeness (QED) is 0.343. The van der Waals surface area contributed by atoms with Gasteiger partial charge in [0, 0.05) is 39.5 Å². The highest BCUT2D eigenvalue weighted by molar-refractivity contribution is 5.70. The topological polar surface area (TPSA) is 141 Å². The summed E-state index contributed by atoms with van der Waals surface area (Å²) in [6.45, 7) is -3.78. The van der Waals surface area contributed by atoms with Gasteiger partial charge in [0.05, 0.1) is 6.10 Å². The molecule has 0 saturated carbocycles. The van der Waals surface area contributed by atoms with E-state index in [9.17, 15) is 24.0 Å². The van der Waals surface area contributed by atoms with Crippen LogP contribution in [0.1, 0.15) is 51.5 Å². The van der Waals surface area contributed by atoms with E-state index in [-0.39, 0.29) is 19.4 Å². The molecule has 35 heavy (non-hydrogen) atoms. The molecule has 1 aliphatic heterocycles. The number of rotatable bonds is 10. The number of hydrogen-bond acceptors (Lipinski definition) is 11. The van der Waals surface area contributed by atoms with Crippen LogP contribution in [0.5, 0.6) is 0 Å². The second-order valence-electron chi connectivity index (χ2n) is 7.44. The molecule has 0 aromatic heterocycles. The van der Waals surface area contributed by atoms with Gasteiger partial charge in [-0.15, -0.1) is 0 Å². The lowest BCUT2D eigenvalue weighted by Gasteiger charge is -2.44. The normalized spacial score (nSPS) is 25.0. The van der Waals surface area contributed by atoms with Crippen molar-refractivity contribution in [3.8, 4) is 0 Å². The van der Waals surface area contributed by atoms with Gasteiger partial charge in [0.1, 0.15) is 19.3 Å². The molecule has 2 rings (SSSR count). The van der Waals surface area contributed by atoms with Crippen molar-refractivity contribution in [2.24, 2.45) is 0 Å². The number of benzene rings is 1. The van der Waals surface area contributed by atoms with E-state index in [2.05, 4.69) is 0 Å². The van der Waals surface area contributed by atoms with Crippen LogP contribution >= 0.6 is 0 Å². The summed E-state index contributed by atoms with van der Waals surface area (Å²) < 4.78 is 60.9. The molecule has 0 aliphatic carbocycles. The van der Waals surface area contributed by atoms with Gasteiger partial charge < -0.3 is 28.4 Å². The Kier molecular flexibility index (Phi) is 8.45. The molecule has 0 amide bonds. The Labute approximate surface area is 208 Å². The molecule has 0 spiro atoms. The number of carbonyl (C=O) groups excluding carboxylic acids is 5. The molecule has 11 heteroatoms. The molecule has 192 valence electrons. The molecular formula is C24H30O11. The lowest BCUT2D eigenvalue weighted by Crippen LogP contribution is -2.62. The molecule has 1 unspecified atom stereocenters. The number of carbonyl (C=O) groups is 5. The van der Waals surface area contributed by atoms with Gasteiger partial charge >= 0.3 is 29.8 Å². The van der Waals surface area contributed by atoms with Crippen LogP contribution in [-0.4, -0.2) is 67.0 Å². The maximum atomic E-state index is 12.4. The highest BCUT2D eigenvalue weighted by atomic mass is 16.7. The Morgan fingerprint density at radius 2 is 1.34 bits per heavy atom. The largest absolute Gasteiger partial charge is 0.463 e. The molecule has 1 fully saturated rings. The number of esters is 5. The Morgan fingerprint density at radius 1 is 0.771 bits per heavy atom. The van der Waals surface area contributed by atoms with Crippen LogP contribution < -0.4 is 0 Å². The van der Waals surface area contributed by atoms with Crippen molar-refractivity contribution >= 4 is 29.8 Å². The molecule has 1 aromatic carbocycles. The lowest BCUT2D eigenvalue weighted by atomic mass is 9.92. The summed E-state index contributed by atoms with van der Waals surface area (Å²) in [5, 5.41) is 0. The van der Waals surface area contributed by atoms with Crippen LogP contribution in [0.25, 0.3) is 0 Å². The summed E-state index contributed by atoms with van der Waals surface area (Å²) in [6, 6.07) is 8.89. The van der Waals surface area contributed by atoms with Crippen LogP contribution in [0, 0.1) is 0 Å². The van der Waals surface area contributed by atoms with Crippen molar-refractivity contribution in [1.29, 1.82) is 0 Å². The van der Waals surface area contributed by atoms with Crippen molar-refractivity contribution in [3.63, 3.8) is 0 Å². The Morgan fingerprint density at radius 3 is 1.94 bits per heavy atom. The summed E-state index contributed by atoms with van der Waals surface area (Å²) in [5.41, 5.74) is 0.750. The first-order valence-corrected chi connectivity index (χ1v) is 10.5. The zero-order valence-electron chi connectivity index (χ0n) is 22.9. The van der Waals surface area contributed by atoms with E-state index in [1.165, 1.54) is 0 Å². The van der Waals surface area contributed by atoms with E-state index in [4.69, 9.17) is 33.9 Å². The van der Waals surface area contributed by atoms with Crippen LogP contribution in [0.4, 0.5) is 0 Å². The first-order valence-electron chi connectivity index (χ1n) is 13.3. The van der Waals surface area contributed by atoms with Gasteiger partial charge in [-0.1, -0.05) is 30.3 Å². The third kappa shape index (κ3) is 9.36. The van der Waals surface area contributed by atoms with Crippen molar-refractivity contribution in [3.05, 3.63) is 35.9 Å². The maximum absolute atomic E-state index is 12.4. The van der Waals surface area contributed by atoms with Crippen molar-refractivity contribution in [1.82, 2.24) is 0 Å². The Bertz CT molecular complexity index is 978. The fraction of sp³-hybridized carbons (Fsp3) is 0.542. The van der Waals surface area contributed by atoms with Gasteiger partial charge in [-0.05, 0) is 12.0 Å². The van der Waals surface area contributed by atoms with Crippen molar-refractivity contribution in [2.75, 3.05) is 6.61 Å². The summed E-state index contributed by atoms with van der Waals surface area (Å²) in [6.07, 6.45) is -7.56. The second-order valence-corrected chi connectivity index (χ2v) is 7.44. The van der Waals surface area contributed by atoms with Gasteiger partial charge in [0.2, 0.25) is 0 Å². The molecular weight excluding hydrogens is 464 g/mol. The monoisotopic (exact) mass is 498 g/mol. The summed E-state index contributed by atoms with van der Waals surface area (Å²) in [7, 11) is 0. The van der Waals surface area contributed by atoms with Crippen LogP contribution in [0.3, 0.4) is 0 Å². The lowest BCUT2D eigenvalue weighted by molar-refractivity contribution is -0.253. The van der Waals surface area contributed by atoms with Crippen molar-refractivity contribution < 1.29 is 57.9 Å². The van der Waals surface area contributed by atoms with Gasteiger partial charge in [-0.25, -0.2) is 0 Å². The summed E-state index contributed by atoms with van der Waals surface area (Å²) in [5.74, 6) is -4.76. The smallest absolute Gasteiger partial charge is 0.306 e. The molecule has 1 heterocycles. The Balaban J connectivity index is 2.31. The predicted octanol–water partition coefficient (Wildman–Crippen LogP) is 1.64. The van der Waals surface area contributed by atoms with Crippen LogP contribution in [-0.2, 0) is 59.0 Å². The summed E-state index contributed by atoms with van der Waals surface area (Å²) in [4.78, 5) is 60.2. The van der Waals surface area contributed by atoms with Gasteiger partial charge in [-0.3, -0.25) is 24.0 Å². The van der Waals surface area contributed by atoms with Gasteiger partial charge in [-0.2, -0.15) is 0 Å². The zero-order chi connectivity index (χ0) is 28.8. The zero-order valence-corrected chi connectivity index (χ0v) is 18.9. The van der Waals surface area contributed by atoms with Crippen molar-refractivity contribution in [2.45, 2.75) is 77.6 Å². The average molecular weight is 499 g/mol. The fourth-order valence-corrected chi connectivity index (χ4v) is 3.48. The SMILES string of the molecule is [2H]CC(=O)OC[C@H]1OC(CCC(=O)OCc2ccccc2)[C@H](OC(=O)C[2H])[C@@H](OC(=O)C[2H])[C@@H]1OC(=O)C[2H]. The van der Waals surface area contributed by atoms with E-state index in [0.717, 1.165) is 5.56 Å². The molecule has 0 radical (unpaired) electrons. The maximum Gasteiger partial charge on any atom is 0.306 e. The third-order valence-corrected chi connectivity index (χ3v) is 4.82. The molecule has 1 aromatic rings. The highest BCUT2D eigenvalue weighted by Gasteiger charge is 2.51. The standard InChI is InChI=1S/C24H30O11/c1-14(25)30-13-20-23(33-16(3)27)24(34-17(4)28)22(32-15(2)26)19(35-20)10-11-21(29)31-12-18-8-6-5-7-9-18/h5-9,19-20,22-24H,10-13H2,1-4H3/t19?,20-,22+,23-,24-/m1/s1/i1D,2D,3D,4D. The van der Waals surface area contributed by atoms with E-state index >= 15 is 0 Å². The van der Waals surface area contributed by atoms with E-state index in [1.54, 1.807) is 30.3 Å². The van der Waals surface area contributed by atoms with Gasteiger partial charge in [0.15, 0.2) is 18.3 Å². The fourth-order valence-electron chi connectivity index (χ4n) is 3.48. The number of ether oxygens (including phenoxy) is 6. The molecule has 0 bridgehead atoms. The van der Waals surface area contributed by atoms with E-state index in [0.29, 0.717) is 0 Å². The minimum Gasteiger partial charge on any atom is -0.463 e. The molecule has 5 atom stereocenters. The minimum absolute atomic E-state index is 0.00302. The first kappa shape index (κ1) is 22.0.